The number of carboxylic acids is 3. The third-order valence-corrected chi connectivity index (χ3v) is 17.6. The molecule has 0 amide bonds. The van der Waals surface area contributed by atoms with Gasteiger partial charge in [-0.3, -0.25) is 14.2 Å². The molecule has 0 unspecified atom stereocenters. The summed E-state index contributed by atoms with van der Waals surface area (Å²) in [5.74, 6) is -3.76. The summed E-state index contributed by atoms with van der Waals surface area (Å²) in [6, 6.07) is 55.2. The molecule has 87 heavy (non-hydrogen) atoms. The summed E-state index contributed by atoms with van der Waals surface area (Å²) in [7, 11) is -9.07. The Morgan fingerprint density at radius 1 is 0.379 bits per heavy atom. The molecule has 9 aromatic carbocycles. The lowest BCUT2D eigenvalue weighted by atomic mass is 9.99. The molecule has 0 aliphatic carbocycles. The number of benzene rings is 9. The number of halogens is 2. The molecule has 9 aromatic rings. The largest absolute Gasteiger partial charge is 0.497 e. The van der Waals surface area contributed by atoms with Crippen LogP contribution in [0.2, 0.25) is 0 Å². The van der Waals surface area contributed by atoms with E-state index in [1.165, 1.54) is 62.8 Å². The number of para-hydroxylation sites is 3. The molecule has 17 nitrogen and oxygen atoms in total. The van der Waals surface area contributed by atoms with Crippen molar-refractivity contribution in [1.29, 1.82) is 0 Å². The van der Waals surface area contributed by atoms with Gasteiger partial charge < -0.3 is 24.8 Å². The van der Waals surface area contributed by atoms with Crippen LogP contribution in [0.4, 0.5) is 25.8 Å². The highest BCUT2D eigenvalue weighted by molar-refractivity contribution is 7.93. The lowest BCUT2D eigenvalue weighted by Gasteiger charge is -2.15. The number of carboxylic acid groups (broad SMARTS) is 3. The molecular weight excluding hydrogens is 1180 g/mol. The van der Waals surface area contributed by atoms with Gasteiger partial charge >= 0.3 is 17.9 Å². The zero-order valence-corrected chi connectivity index (χ0v) is 49.2. The van der Waals surface area contributed by atoms with Crippen LogP contribution in [-0.2, 0) is 68.6 Å². The molecule has 0 aliphatic heterocycles. The van der Waals surface area contributed by atoms with Crippen molar-refractivity contribution in [2.45, 2.75) is 53.2 Å². The van der Waals surface area contributed by atoms with Crippen molar-refractivity contribution in [3.63, 3.8) is 0 Å². The molecule has 450 valence electrons. The van der Waals surface area contributed by atoms with Gasteiger partial charge in [0.25, 0.3) is 30.1 Å². The van der Waals surface area contributed by atoms with E-state index in [2.05, 4.69) is 14.2 Å². The minimum Gasteiger partial charge on any atom is -0.497 e. The normalized spacial score (nSPS) is 11.1. The number of methoxy groups -OCH3 is 2. The molecule has 0 spiro atoms. The Balaban J connectivity index is 0.000000187. The van der Waals surface area contributed by atoms with Crippen molar-refractivity contribution < 1.29 is 73.2 Å². The van der Waals surface area contributed by atoms with E-state index in [0.717, 1.165) is 29.3 Å². The number of rotatable bonds is 23. The lowest BCUT2D eigenvalue weighted by molar-refractivity contribution is 0.0684. The fourth-order valence-electron chi connectivity index (χ4n) is 9.04. The molecular formula is C65H59F2N3O14S3. The molecule has 0 fully saturated rings. The highest BCUT2D eigenvalue weighted by Gasteiger charge is 2.24. The van der Waals surface area contributed by atoms with E-state index in [-0.39, 0.29) is 32.2 Å². The van der Waals surface area contributed by atoms with Gasteiger partial charge in [-0.1, -0.05) is 121 Å². The number of nitrogens with one attached hydrogen (secondary N) is 3. The molecule has 0 heterocycles. The number of aromatic carboxylic acids is 3. The van der Waals surface area contributed by atoms with E-state index >= 15 is 0 Å². The third kappa shape index (κ3) is 17.6. The van der Waals surface area contributed by atoms with Gasteiger partial charge in [-0.05, 0) is 157 Å². The average Bonchev–Trinajstić information content (AvgIpc) is 3.71. The Labute approximate surface area is 502 Å². The number of anilines is 3. The summed E-state index contributed by atoms with van der Waals surface area (Å²) in [6.45, 7) is 0. The van der Waals surface area contributed by atoms with Gasteiger partial charge in [-0.25, -0.2) is 48.4 Å². The first kappa shape index (κ1) is 64.7. The predicted octanol–water partition coefficient (Wildman–Crippen LogP) is 12.2. The first-order valence-electron chi connectivity index (χ1n) is 26.6. The van der Waals surface area contributed by atoms with Crippen LogP contribution in [0.3, 0.4) is 0 Å². The fourth-order valence-corrected chi connectivity index (χ4v) is 12.6. The van der Waals surface area contributed by atoms with Crippen LogP contribution in [0.25, 0.3) is 0 Å². The number of hydrogen-bond donors (Lipinski definition) is 6. The van der Waals surface area contributed by atoms with Crippen molar-refractivity contribution in [1.82, 2.24) is 0 Å². The molecule has 0 saturated carbocycles. The van der Waals surface area contributed by atoms with Gasteiger partial charge in [0, 0.05) is 6.07 Å². The Kier molecular flexibility index (Phi) is 22.1. The Morgan fingerprint density at radius 3 is 1.09 bits per heavy atom. The summed E-state index contributed by atoms with van der Waals surface area (Å²) >= 11 is 0. The highest BCUT2D eigenvalue weighted by Crippen LogP contribution is 2.32. The first-order valence-corrected chi connectivity index (χ1v) is 31.0. The van der Waals surface area contributed by atoms with Crippen molar-refractivity contribution in [3.05, 3.63) is 274 Å². The summed E-state index contributed by atoms with van der Waals surface area (Å²) in [6.07, 6.45) is 2.63. The van der Waals surface area contributed by atoms with Gasteiger partial charge in [0.05, 0.1) is 52.9 Å². The second-order valence-electron chi connectivity index (χ2n) is 19.1. The molecule has 0 saturated heterocycles. The maximum atomic E-state index is 13.9. The van der Waals surface area contributed by atoms with Crippen LogP contribution in [0, 0.1) is 11.6 Å². The van der Waals surface area contributed by atoms with E-state index < -0.39 is 64.5 Å². The monoisotopic (exact) mass is 1240 g/mol. The maximum absolute atomic E-state index is 13.9. The Bertz CT molecular complexity index is 4260. The standard InChI is InChI=1S/C23H23NO6S.2C21H18FNO4S/c1-29-18-13-14-21(30-2)22(15-18)31(27,28)24-20-10-6-4-8-17(20)12-11-16-7-3-5-9-19(16)23(25)26;22-18-10-4-6-12-20(18)28(26,27)23-19-11-5-2-8-16(19)14-13-15-7-1-3-9-17(15)21(24)25;22-17-11-13-18(14-12-17)28(26,27)23-20-8-4-2-6-16(20)10-9-15-5-1-3-7-19(15)21(24)25/h3-10,13-15,24H,11-12H2,1-2H3,(H,25,26);1-12,23H,13-14H2,(H,24,25);1-8,11-14,23H,9-10H2,(H,24,25). The van der Waals surface area contributed by atoms with Crippen LogP contribution < -0.4 is 23.6 Å². The lowest BCUT2D eigenvalue weighted by Crippen LogP contribution is -2.16. The smallest absolute Gasteiger partial charge is 0.335 e. The second kappa shape index (κ2) is 29.8. The van der Waals surface area contributed by atoms with Gasteiger partial charge in [-0.2, -0.15) is 0 Å². The number of ether oxygens (including phenoxy) is 2. The topological polar surface area (TPSA) is 269 Å². The highest BCUT2D eigenvalue weighted by atomic mass is 32.2. The molecule has 0 atom stereocenters. The van der Waals surface area contributed by atoms with E-state index in [9.17, 15) is 63.7 Å². The minimum atomic E-state index is -4.09. The first-order chi connectivity index (χ1) is 41.6. The van der Waals surface area contributed by atoms with Crippen LogP contribution in [0.1, 0.15) is 64.5 Å². The quantitative estimate of drug-likeness (QED) is 0.0348. The number of hydrogen-bond acceptors (Lipinski definition) is 11. The summed E-state index contributed by atoms with van der Waals surface area (Å²) in [5, 5.41) is 28.0. The van der Waals surface area contributed by atoms with Crippen molar-refractivity contribution in [3.8, 4) is 11.5 Å². The predicted molar refractivity (Wildman–Crippen MR) is 327 cm³/mol. The second-order valence-corrected chi connectivity index (χ2v) is 24.1. The molecule has 6 N–H and O–H groups in total. The van der Waals surface area contributed by atoms with E-state index in [4.69, 9.17) is 9.47 Å². The molecule has 0 aromatic heterocycles. The number of sulfonamides is 3. The molecule has 0 aliphatic rings. The van der Waals surface area contributed by atoms with Crippen LogP contribution >= 0.6 is 0 Å². The van der Waals surface area contributed by atoms with Crippen LogP contribution in [-0.4, -0.2) is 72.7 Å². The molecule has 0 bridgehead atoms. The van der Waals surface area contributed by atoms with Crippen LogP contribution in [0.5, 0.6) is 11.5 Å². The zero-order valence-electron chi connectivity index (χ0n) is 46.8. The molecule has 22 heteroatoms. The Morgan fingerprint density at radius 2 is 0.713 bits per heavy atom. The van der Waals surface area contributed by atoms with Gasteiger partial charge in [0.15, 0.2) is 0 Å². The number of carbonyl (C=O) groups is 3. The third-order valence-electron chi connectivity index (χ3n) is 13.4. The minimum absolute atomic E-state index is 0.0413. The van der Waals surface area contributed by atoms with Crippen molar-refractivity contribution in [2.24, 2.45) is 0 Å². The SMILES string of the molecule is COc1ccc(OC)c(S(=O)(=O)Nc2ccccc2CCc2ccccc2C(=O)O)c1.O=C(O)c1ccccc1CCc1ccccc1NS(=O)(=O)c1ccc(F)cc1.O=C(O)c1ccccc1CCc1ccccc1NS(=O)(=O)c1ccccc1F. The Hall–Kier alpha value is -9.90. The van der Waals surface area contributed by atoms with E-state index in [1.54, 1.807) is 133 Å². The zero-order chi connectivity index (χ0) is 62.7. The van der Waals surface area contributed by atoms with Crippen molar-refractivity contribution >= 4 is 65.0 Å². The molecule has 9 rings (SSSR count). The van der Waals surface area contributed by atoms with E-state index in [1.807, 2.05) is 12.1 Å². The van der Waals surface area contributed by atoms with Gasteiger partial charge in [0.2, 0.25) is 0 Å². The van der Waals surface area contributed by atoms with E-state index in [0.29, 0.717) is 83.6 Å². The summed E-state index contributed by atoms with van der Waals surface area (Å²) in [5.41, 5.74) is 6.00. The summed E-state index contributed by atoms with van der Waals surface area (Å²) < 4.78 is 121. The average molecular weight is 1240 g/mol. The van der Waals surface area contributed by atoms with Crippen LogP contribution in [0.15, 0.2) is 227 Å². The molecule has 0 radical (unpaired) electrons. The fraction of sp³-hybridized carbons (Fsp3) is 0.123. The van der Waals surface area contributed by atoms with Gasteiger partial charge in [0.1, 0.15) is 32.9 Å². The number of aryl methyl sites for hydroxylation is 6. The van der Waals surface area contributed by atoms with Gasteiger partial charge in [-0.15, -0.1) is 0 Å². The van der Waals surface area contributed by atoms with Crippen molar-refractivity contribution in [2.75, 3.05) is 28.4 Å². The summed E-state index contributed by atoms with van der Waals surface area (Å²) in [4.78, 5) is 33.6. The maximum Gasteiger partial charge on any atom is 0.335 e.